The van der Waals surface area contributed by atoms with Crippen LogP contribution in [-0.2, 0) is 9.47 Å². The molecule has 6 atom stereocenters. The second-order valence-electron chi connectivity index (χ2n) is 10.9. The number of nitrogens with one attached hydrogen (secondary N) is 2. The normalized spacial score (nSPS) is 29.4. The molecule has 2 rings (SSSR count). The van der Waals surface area contributed by atoms with Crippen LogP contribution < -0.4 is 16.4 Å². The van der Waals surface area contributed by atoms with Crippen LogP contribution in [0.1, 0.15) is 80.1 Å². The monoisotopic (exact) mass is 486 g/mol. The second kappa shape index (κ2) is 13.0. The van der Waals surface area contributed by atoms with E-state index in [1.165, 1.54) is 0 Å². The van der Waals surface area contributed by atoms with Gasteiger partial charge in [0, 0.05) is 23.0 Å². The molecule has 0 spiro atoms. The number of alkyl carbamates (subject to hydrolysis) is 2. The molecule has 2 amide bonds. The Balaban J connectivity index is 0.000000342. The smallest absolute Gasteiger partial charge is 0.407 e. The van der Waals surface area contributed by atoms with Gasteiger partial charge in [0.05, 0.1) is 18.2 Å². The van der Waals surface area contributed by atoms with Gasteiger partial charge in [-0.2, -0.15) is 0 Å². The molecule has 2 aliphatic carbocycles. The Morgan fingerprint density at radius 2 is 1.32 bits per heavy atom. The van der Waals surface area contributed by atoms with E-state index in [4.69, 9.17) is 20.7 Å². The Bertz CT molecular complexity index is 716. The van der Waals surface area contributed by atoms with Crippen molar-refractivity contribution in [1.29, 1.82) is 0 Å². The van der Waals surface area contributed by atoms with E-state index in [-0.39, 0.29) is 18.1 Å². The molecule has 0 aromatic rings. The molecule has 12 heteroatoms. The van der Waals surface area contributed by atoms with Crippen molar-refractivity contribution < 1.29 is 29.3 Å². The molecule has 6 N–H and O–H groups in total. The summed E-state index contributed by atoms with van der Waals surface area (Å²) in [6.45, 7) is 10.8. The molecule has 0 aromatic carbocycles. The minimum Gasteiger partial charge on any atom is -0.444 e. The van der Waals surface area contributed by atoms with E-state index >= 15 is 0 Å². The average molecular weight is 487 g/mol. The van der Waals surface area contributed by atoms with Crippen molar-refractivity contribution in [1.82, 2.24) is 10.6 Å². The lowest BCUT2D eigenvalue weighted by Crippen LogP contribution is -2.48. The minimum absolute atomic E-state index is 0.0374. The number of aliphatic hydroxyl groups excluding tert-OH is 2. The van der Waals surface area contributed by atoms with Crippen LogP contribution in [0.4, 0.5) is 9.59 Å². The number of aliphatic hydroxyl groups is 2. The van der Waals surface area contributed by atoms with Crippen LogP contribution in [0.5, 0.6) is 0 Å². The molecular weight excluding hydrogens is 444 g/mol. The first kappa shape index (κ1) is 29.8. The van der Waals surface area contributed by atoms with Crippen LogP contribution >= 0.6 is 0 Å². The van der Waals surface area contributed by atoms with Crippen molar-refractivity contribution in [3.8, 4) is 0 Å². The Hall–Kier alpha value is -2.27. The van der Waals surface area contributed by atoms with E-state index in [0.717, 1.165) is 12.8 Å². The highest BCUT2D eigenvalue weighted by atomic mass is 16.6. The summed E-state index contributed by atoms with van der Waals surface area (Å²) < 4.78 is 10.3. The number of carbonyl (C=O) groups is 2. The largest absolute Gasteiger partial charge is 0.444 e. The van der Waals surface area contributed by atoms with Crippen LogP contribution in [0.2, 0.25) is 0 Å². The maximum absolute atomic E-state index is 11.5. The Kier molecular flexibility index (Phi) is 11.4. The highest BCUT2D eigenvalue weighted by Crippen LogP contribution is 2.22. The molecule has 34 heavy (non-hydrogen) atoms. The number of amides is 2. The average Bonchev–Trinajstić information content (AvgIpc) is 2.64. The Morgan fingerprint density at radius 3 is 1.71 bits per heavy atom. The van der Waals surface area contributed by atoms with Crippen LogP contribution in [0, 0.1) is 0 Å². The summed E-state index contributed by atoms with van der Waals surface area (Å²) in [6, 6.07) is -0.743. The first-order valence-electron chi connectivity index (χ1n) is 11.7. The third-order valence-corrected chi connectivity index (χ3v) is 5.29. The molecule has 0 saturated heterocycles. The number of ether oxygens (including phenoxy) is 2. The van der Waals surface area contributed by atoms with Crippen molar-refractivity contribution in [2.75, 3.05) is 0 Å². The topological polar surface area (TPSA) is 192 Å². The zero-order chi connectivity index (χ0) is 26.1. The summed E-state index contributed by atoms with van der Waals surface area (Å²) in [5, 5.41) is 28.3. The predicted molar refractivity (Wildman–Crippen MR) is 127 cm³/mol. The molecule has 0 heterocycles. The number of nitrogens with two attached hydrogens (primary N) is 1. The van der Waals surface area contributed by atoms with Gasteiger partial charge in [-0.15, -0.1) is 0 Å². The zero-order valence-electron chi connectivity index (χ0n) is 21.2. The van der Waals surface area contributed by atoms with Gasteiger partial charge in [-0.1, -0.05) is 5.11 Å². The van der Waals surface area contributed by atoms with E-state index in [2.05, 4.69) is 20.7 Å². The molecule has 0 aliphatic heterocycles. The van der Waals surface area contributed by atoms with E-state index in [1.807, 2.05) is 20.8 Å². The number of azide groups is 1. The number of nitrogens with zero attached hydrogens (tertiary/aromatic N) is 3. The third kappa shape index (κ3) is 12.3. The standard InChI is InChI=1S/C11H20N4O3.C11H22N2O3/c1-11(2,3)18-10(17)13-7-4-5-8(14-15-12)9(16)6-7;1-11(2,3)16-10(15)13-7-4-5-8(12)9(14)6-7/h7-9,16H,4-6H2,1-3H3,(H,13,17);7-9,14H,4-6,12H2,1-3H3,(H,13,15)/t2*7-,8-,9-/m11/s1. The summed E-state index contributed by atoms with van der Waals surface area (Å²) in [7, 11) is 0. The number of hydrogen-bond acceptors (Lipinski definition) is 8. The Morgan fingerprint density at radius 1 is 0.882 bits per heavy atom. The van der Waals surface area contributed by atoms with Gasteiger partial charge in [0.25, 0.3) is 0 Å². The lowest BCUT2D eigenvalue weighted by molar-refractivity contribution is 0.0415. The van der Waals surface area contributed by atoms with Gasteiger partial charge in [0.2, 0.25) is 0 Å². The second-order valence-corrected chi connectivity index (χ2v) is 10.9. The lowest BCUT2D eigenvalue weighted by Gasteiger charge is -2.31. The summed E-state index contributed by atoms with van der Waals surface area (Å²) >= 11 is 0. The van der Waals surface area contributed by atoms with Gasteiger partial charge in [-0.05, 0) is 85.6 Å². The highest BCUT2D eigenvalue weighted by Gasteiger charge is 2.30. The third-order valence-electron chi connectivity index (χ3n) is 5.29. The van der Waals surface area contributed by atoms with Crippen molar-refractivity contribution in [3.05, 3.63) is 10.4 Å². The fourth-order valence-electron chi connectivity index (χ4n) is 3.71. The van der Waals surface area contributed by atoms with E-state index in [9.17, 15) is 19.8 Å². The van der Waals surface area contributed by atoms with Crippen LogP contribution in [0.25, 0.3) is 10.4 Å². The first-order valence-corrected chi connectivity index (χ1v) is 11.7. The van der Waals surface area contributed by atoms with Gasteiger partial charge in [0.1, 0.15) is 11.2 Å². The molecule has 2 saturated carbocycles. The molecule has 0 aromatic heterocycles. The summed E-state index contributed by atoms with van der Waals surface area (Å²) in [4.78, 5) is 25.7. The van der Waals surface area contributed by atoms with Gasteiger partial charge < -0.3 is 36.1 Å². The molecule has 0 bridgehead atoms. The molecule has 196 valence electrons. The zero-order valence-corrected chi connectivity index (χ0v) is 21.2. The molecule has 0 unspecified atom stereocenters. The van der Waals surface area contributed by atoms with Gasteiger partial charge in [-0.25, -0.2) is 9.59 Å². The fraction of sp³-hybridized carbons (Fsp3) is 0.909. The molecule has 2 aliphatic rings. The van der Waals surface area contributed by atoms with Crippen LogP contribution in [0.3, 0.4) is 0 Å². The minimum atomic E-state index is -0.713. The lowest BCUT2D eigenvalue weighted by atomic mass is 9.89. The summed E-state index contributed by atoms with van der Waals surface area (Å²) in [5.41, 5.74) is 13.0. The van der Waals surface area contributed by atoms with Crippen molar-refractivity contribution >= 4 is 12.2 Å². The van der Waals surface area contributed by atoms with Crippen molar-refractivity contribution in [3.63, 3.8) is 0 Å². The molecule has 0 radical (unpaired) electrons. The highest BCUT2D eigenvalue weighted by molar-refractivity contribution is 5.68. The fourth-order valence-corrected chi connectivity index (χ4v) is 3.71. The molecular formula is C22H42N6O6. The predicted octanol–water partition coefficient (Wildman–Crippen LogP) is 2.86. The summed E-state index contributed by atoms with van der Waals surface area (Å²) in [6.07, 6.45) is 1.46. The van der Waals surface area contributed by atoms with Crippen LogP contribution in [0.15, 0.2) is 5.11 Å². The Labute approximate surface area is 201 Å². The maximum atomic E-state index is 11.5. The van der Waals surface area contributed by atoms with Gasteiger partial charge in [-0.3, -0.25) is 0 Å². The molecule has 2 fully saturated rings. The maximum Gasteiger partial charge on any atom is 0.407 e. The number of carbonyl (C=O) groups excluding carboxylic acids is 2. The van der Waals surface area contributed by atoms with Gasteiger partial charge in [0.15, 0.2) is 0 Å². The van der Waals surface area contributed by atoms with E-state index in [0.29, 0.717) is 25.7 Å². The summed E-state index contributed by atoms with van der Waals surface area (Å²) in [5.74, 6) is 0. The SMILES string of the molecule is CC(C)(C)OC(=O)N[C@@H]1CC[C@@H](N)[C@H](O)C1.CC(C)(C)OC(=O)N[C@@H]1CC[C@@H](N=[N+]=[N-])[C@H](O)C1. The number of rotatable bonds is 3. The van der Waals surface area contributed by atoms with Crippen molar-refractivity contribution in [2.45, 2.75) is 128 Å². The van der Waals surface area contributed by atoms with Crippen molar-refractivity contribution in [2.24, 2.45) is 10.8 Å². The van der Waals surface area contributed by atoms with Crippen LogP contribution in [-0.4, -0.2) is 70.0 Å². The van der Waals surface area contributed by atoms with E-state index in [1.54, 1.807) is 20.8 Å². The van der Waals surface area contributed by atoms with E-state index < -0.39 is 41.6 Å². The number of hydrogen-bond donors (Lipinski definition) is 5. The van der Waals surface area contributed by atoms with Gasteiger partial charge >= 0.3 is 12.2 Å². The quantitative estimate of drug-likeness (QED) is 0.230. The first-order chi connectivity index (χ1) is 15.6. The molecule has 12 nitrogen and oxygen atoms in total.